The van der Waals surface area contributed by atoms with Crippen LogP contribution in [-0.2, 0) is 9.59 Å². The summed E-state index contributed by atoms with van der Waals surface area (Å²) in [4.78, 5) is 25.9. The molecule has 0 saturated heterocycles. The van der Waals surface area contributed by atoms with Gasteiger partial charge < -0.3 is 4.79 Å². The second-order valence-electron chi connectivity index (χ2n) is 15.0. The Morgan fingerprint density at radius 3 is 2.06 bits per heavy atom. The number of fused-ring (bicyclic) bond motifs is 7. The van der Waals surface area contributed by atoms with Gasteiger partial charge in [-0.05, 0) is 109 Å². The Balaban J connectivity index is 1.58. The average Bonchev–Trinajstić information content (AvgIpc) is 2.74. The largest absolute Gasteiger partial charge is 0.303 e. The number of hydrogen-bond donors (Lipinski definition) is 0. The SMILES string of the molecule is CC1C(=O)CCC2C1(C)CCC1C2(C=O)CCC2(C)C3CC(C)(C)CCC3(C)CCC12C. The van der Waals surface area contributed by atoms with Crippen LogP contribution in [0, 0.1) is 56.2 Å². The molecule has 180 valence electrons. The lowest BCUT2D eigenvalue weighted by atomic mass is 9.30. The van der Waals surface area contributed by atoms with Crippen LogP contribution < -0.4 is 0 Å². The monoisotopic (exact) mass is 440 g/mol. The normalized spacial score (nSPS) is 56.9. The third-order valence-electron chi connectivity index (χ3n) is 13.5. The molecular weight excluding hydrogens is 392 g/mol. The lowest BCUT2D eigenvalue weighted by Gasteiger charge is -2.74. The zero-order chi connectivity index (χ0) is 23.4. The Labute approximate surface area is 197 Å². The van der Waals surface area contributed by atoms with Crippen molar-refractivity contribution in [3.8, 4) is 0 Å². The molecule has 5 saturated carbocycles. The van der Waals surface area contributed by atoms with Gasteiger partial charge in [-0.3, -0.25) is 4.79 Å². The van der Waals surface area contributed by atoms with Crippen LogP contribution in [0.4, 0.5) is 0 Å². The first-order chi connectivity index (χ1) is 14.8. The molecule has 0 aliphatic heterocycles. The summed E-state index contributed by atoms with van der Waals surface area (Å²) >= 11 is 0. The minimum absolute atomic E-state index is 0.00680. The van der Waals surface area contributed by atoms with Gasteiger partial charge in [0.1, 0.15) is 12.1 Å². The third kappa shape index (κ3) is 2.65. The molecule has 32 heavy (non-hydrogen) atoms. The van der Waals surface area contributed by atoms with Gasteiger partial charge in [-0.15, -0.1) is 0 Å². The molecule has 5 fully saturated rings. The summed E-state index contributed by atoms with van der Waals surface area (Å²) in [5, 5.41) is 0. The highest BCUT2D eigenvalue weighted by Gasteiger charge is 2.72. The van der Waals surface area contributed by atoms with Crippen LogP contribution in [0.3, 0.4) is 0 Å². The molecule has 0 amide bonds. The second-order valence-corrected chi connectivity index (χ2v) is 15.0. The maximum absolute atomic E-state index is 13.2. The summed E-state index contributed by atoms with van der Waals surface area (Å²) < 4.78 is 0. The molecule has 0 heterocycles. The topological polar surface area (TPSA) is 34.1 Å². The summed E-state index contributed by atoms with van der Waals surface area (Å²) in [7, 11) is 0. The molecule has 0 radical (unpaired) electrons. The fraction of sp³-hybridized carbons (Fsp3) is 0.933. The van der Waals surface area contributed by atoms with Crippen molar-refractivity contribution in [1.29, 1.82) is 0 Å². The molecule has 5 aliphatic rings. The molecule has 5 rings (SSSR count). The van der Waals surface area contributed by atoms with Crippen molar-refractivity contribution in [3.05, 3.63) is 0 Å². The number of ketones is 1. The van der Waals surface area contributed by atoms with Crippen LogP contribution >= 0.6 is 0 Å². The highest BCUT2D eigenvalue weighted by Crippen LogP contribution is 2.78. The summed E-state index contributed by atoms with van der Waals surface area (Å²) in [6.45, 7) is 17.4. The van der Waals surface area contributed by atoms with Gasteiger partial charge in [-0.1, -0.05) is 48.5 Å². The Kier molecular flexibility index (Phi) is 4.85. The Morgan fingerprint density at radius 2 is 1.38 bits per heavy atom. The lowest BCUT2D eigenvalue weighted by Crippen LogP contribution is -2.68. The second kappa shape index (κ2) is 6.72. The van der Waals surface area contributed by atoms with Crippen molar-refractivity contribution in [3.63, 3.8) is 0 Å². The van der Waals surface area contributed by atoms with E-state index in [-0.39, 0.29) is 22.2 Å². The minimum atomic E-state index is -0.214. The van der Waals surface area contributed by atoms with E-state index < -0.39 is 0 Å². The Hall–Kier alpha value is -0.660. The molecule has 9 unspecified atom stereocenters. The molecule has 0 N–H and O–H groups in total. The van der Waals surface area contributed by atoms with Gasteiger partial charge >= 0.3 is 0 Å². The molecule has 9 atom stereocenters. The highest BCUT2D eigenvalue weighted by atomic mass is 16.1. The number of hydrogen-bond acceptors (Lipinski definition) is 2. The first-order valence-electron chi connectivity index (χ1n) is 13.8. The number of Topliss-reactive ketones (excluding diaryl/α,β-unsaturated/α-hetero) is 1. The van der Waals surface area contributed by atoms with Crippen molar-refractivity contribution in [1.82, 2.24) is 0 Å². The van der Waals surface area contributed by atoms with Crippen LogP contribution in [0.1, 0.15) is 119 Å². The van der Waals surface area contributed by atoms with E-state index in [4.69, 9.17) is 0 Å². The predicted molar refractivity (Wildman–Crippen MR) is 130 cm³/mol. The van der Waals surface area contributed by atoms with Gasteiger partial charge in [0.2, 0.25) is 0 Å². The van der Waals surface area contributed by atoms with E-state index >= 15 is 0 Å². The molecular formula is C30H48O2. The number of carbonyl (C=O) groups is 2. The highest BCUT2D eigenvalue weighted by molar-refractivity contribution is 5.83. The quantitative estimate of drug-likeness (QED) is 0.393. The molecule has 0 bridgehead atoms. The van der Waals surface area contributed by atoms with Crippen molar-refractivity contribution in [2.75, 3.05) is 0 Å². The molecule has 2 heteroatoms. The fourth-order valence-electron chi connectivity index (χ4n) is 11.0. The van der Waals surface area contributed by atoms with Crippen LogP contribution in [0.25, 0.3) is 0 Å². The van der Waals surface area contributed by atoms with Gasteiger partial charge in [0.25, 0.3) is 0 Å². The molecule has 5 aliphatic carbocycles. The predicted octanol–water partition coefficient (Wildman–Crippen LogP) is 7.64. The molecule has 2 nitrogen and oxygen atoms in total. The number of carbonyl (C=O) groups excluding carboxylic acids is 2. The van der Waals surface area contributed by atoms with Gasteiger partial charge in [0, 0.05) is 17.8 Å². The third-order valence-corrected chi connectivity index (χ3v) is 13.5. The summed E-state index contributed by atoms with van der Waals surface area (Å²) in [5.74, 6) is 2.18. The summed E-state index contributed by atoms with van der Waals surface area (Å²) in [5.41, 5.74) is 1.25. The van der Waals surface area contributed by atoms with Crippen molar-refractivity contribution in [2.24, 2.45) is 56.2 Å². The van der Waals surface area contributed by atoms with Gasteiger partial charge in [-0.25, -0.2) is 0 Å². The number of aldehydes is 1. The van der Waals surface area contributed by atoms with Crippen LogP contribution in [0.5, 0.6) is 0 Å². The first-order valence-corrected chi connectivity index (χ1v) is 13.8. The average molecular weight is 441 g/mol. The van der Waals surface area contributed by atoms with Crippen LogP contribution in [-0.4, -0.2) is 12.1 Å². The van der Waals surface area contributed by atoms with Gasteiger partial charge in [0.05, 0.1) is 0 Å². The maximum atomic E-state index is 13.2. The Morgan fingerprint density at radius 1 is 0.750 bits per heavy atom. The smallest absolute Gasteiger partial charge is 0.136 e. The molecule has 0 aromatic rings. The molecule has 0 spiro atoms. The van der Waals surface area contributed by atoms with E-state index in [0.717, 1.165) is 31.6 Å². The summed E-state index contributed by atoms with van der Waals surface area (Å²) in [6.07, 6.45) is 14.3. The zero-order valence-corrected chi connectivity index (χ0v) is 22.0. The Bertz CT molecular complexity index is 829. The molecule has 0 aromatic carbocycles. The van der Waals surface area contributed by atoms with Crippen molar-refractivity contribution >= 4 is 12.1 Å². The standard InChI is InChI=1S/C30H48O2/c1-20-21(32)8-9-22-27(20,5)11-10-23-28(6)15-14-26(4)13-12-25(2,3)18-24(26)29(28,7)16-17-30(22,23)19-31/h19-20,22-24H,8-18H2,1-7H3. The van der Waals surface area contributed by atoms with E-state index in [1.165, 1.54) is 44.8 Å². The minimum Gasteiger partial charge on any atom is -0.303 e. The lowest BCUT2D eigenvalue weighted by molar-refractivity contribution is -0.251. The van der Waals surface area contributed by atoms with E-state index in [0.29, 0.717) is 40.3 Å². The van der Waals surface area contributed by atoms with E-state index in [1.807, 2.05) is 0 Å². The van der Waals surface area contributed by atoms with Crippen LogP contribution in [0.15, 0.2) is 0 Å². The number of rotatable bonds is 1. The van der Waals surface area contributed by atoms with Crippen molar-refractivity contribution < 1.29 is 9.59 Å². The van der Waals surface area contributed by atoms with E-state index in [2.05, 4.69) is 48.5 Å². The van der Waals surface area contributed by atoms with E-state index in [9.17, 15) is 9.59 Å². The van der Waals surface area contributed by atoms with E-state index in [1.54, 1.807) is 0 Å². The van der Waals surface area contributed by atoms with Crippen molar-refractivity contribution in [2.45, 2.75) is 119 Å². The summed E-state index contributed by atoms with van der Waals surface area (Å²) in [6, 6.07) is 0. The maximum Gasteiger partial charge on any atom is 0.136 e. The molecule has 0 aromatic heterocycles. The zero-order valence-electron chi connectivity index (χ0n) is 22.0. The first kappa shape index (κ1) is 23.1. The fourth-order valence-corrected chi connectivity index (χ4v) is 11.0. The van der Waals surface area contributed by atoms with Gasteiger partial charge in [0.15, 0.2) is 0 Å². The van der Waals surface area contributed by atoms with Crippen LogP contribution in [0.2, 0.25) is 0 Å². The van der Waals surface area contributed by atoms with Gasteiger partial charge in [-0.2, -0.15) is 0 Å².